The van der Waals surface area contributed by atoms with E-state index in [-0.39, 0.29) is 26.6 Å². The third kappa shape index (κ3) is 7.03. The van der Waals surface area contributed by atoms with Gasteiger partial charge in [0, 0.05) is 5.38 Å². The summed E-state index contributed by atoms with van der Waals surface area (Å²) in [5.74, 6) is -0.764. The molecule has 0 fully saturated rings. The average molecular weight is 444 g/mol. The fourth-order valence-electron chi connectivity index (χ4n) is 1.88. The highest BCUT2D eigenvalue weighted by Crippen LogP contribution is 2.35. The molecule has 11 heteroatoms. The highest BCUT2D eigenvalue weighted by atomic mass is 35.5. The number of rotatable bonds is 5. The average Bonchev–Trinajstić information content (AvgIpc) is 2.75. The van der Waals surface area contributed by atoms with Gasteiger partial charge in [0.1, 0.15) is 15.9 Å². The van der Waals surface area contributed by atoms with Crippen LogP contribution in [0.2, 0.25) is 10.0 Å². The number of hydrogen-bond acceptors (Lipinski definition) is 5. The Kier molecular flexibility index (Phi) is 7.91. The Balaban J connectivity index is 3.10. The molecule has 2 atom stereocenters. The van der Waals surface area contributed by atoms with Gasteiger partial charge in [-0.05, 0) is 33.1 Å². The van der Waals surface area contributed by atoms with Gasteiger partial charge in [-0.3, -0.25) is 4.79 Å². The maximum atomic E-state index is 12.7. The Morgan fingerprint density at radius 3 is 2.38 bits per heavy atom. The summed E-state index contributed by atoms with van der Waals surface area (Å²) in [7, 11) is -3.59. The maximum Gasteiger partial charge on any atom is 0.408 e. The summed E-state index contributed by atoms with van der Waals surface area (Å²) in [6, 6.07) is -1.02. The van der Waals surface area contributed by atoms with Crippen molar-refractivity contribution in [1.82, 2.24) is 5.32 Å². The van der Waals surface area contributed by atoms with Gasteiger partial charge in [-0.25, -0.2) is 14.1 Å². The Labute approximate surface area is 167 Å². The van der Waals surface area contributed by atoms with Crippen molar-refractivity contribution in [3.63, 3.8) is 0 Å². The van der Waals surface area contributed by atoms with Gasteiger partial charge in [-0.1, -0.05) is 37.0 Å². The molecule has 0 aliphatic rings. The fraction of sp³-hybridized carbons (Fsp3) is 0.600. The summed E-state index contributed by atoms with van der Waals surface area (Å²) in [6.07, 6.45) is -0.497. The van der Waals surface area contributed by atoms with Gasteiger partial charge in [-0.2, -0.15) is 0 Å². The fourth-order valence-corrected chi connectivity index (χ4v) is 5.00. The van der Waals surface area contributed by atoms with Crippen molar-refractivity contribution in [3.8, 4) is 0 Å². The summed E-state index contributed by atoms with van der Waals surface area (Å²) in [5.41, 5.74) is -0.727. The monoisotopic (exact) mass is 443 g/mol. The van der Waals surface area contributed by atoms with E-state index in [1.54, 1.807) is 20.8 Å². The molecule has 0 aliphatic heterocycles. The maximum absolute atomic E-state index is 12.7. The molecule has 0 saturated carbocycles. The quantitative estimate of drug-likeness (QED) is 0.708. The van der Waals surface area contributed by atoms with Crippen molar-refractivity contribution in [2.45, 2.75) is 56.9 Å². The number of ether oxygens (including phenoxy) is 1. The second kappa shape index (κ2) is 8.88. The number of nitrogens with two attached hydrogens (primary N) is 1. The number of halogens is 2. The lowest BCUT2D eigenvalue weighted by Crippen LogP contribution is -2.44. The van der Waals surface area contributed by atoms with Crippen LogP contribution in [0.25, 0.3) is 0 Å². The van der Waals surface area contributed by atoms with Crippen LogP contribution in [0.5, 0.6) is 0 Å². The van der Waals surface area contributed by atoms with Crippen LogP contribution in [0.1, 0.15) is 41.0 Å². The van der Waals surface area contributed by atoms with E-state index < -0.39 is 33.6 Å². The Bertz CT molecular complexity index is 793. The van der Waals surface area contributed by atoms with Crippen LogP contribution < -0.4 is 10.5 Å². The number of alkyl carbamates (subject to hydrolysis) is 1. The zero-order chi connectivity index (χ0) is 20.3. The Morgan fingerprint density at radius 1 is 1.38 bits per heavy atom. The number of nitrogens with zero attached hydrogens (tertiary/aromatic N) is 1. The minimum Gasteiger partial charge on any atom is -0.444 e. The van der Waals surface area contributed by atoms with Crippen molar-refractivity contribution < 1.29 is 18.5 Å². The topological polar surface area (TPSA) is 111 Å². The van der Waals surface area contributed by atoms with Crippen LogP contribution in [0.4, 0.5) is 4.79 Å². The van der Waals surface area contributed by atoms with Crippen LogP contribution in [0.3, 0.4) is 0 Å². The Morgan fingerprint density at radius 2 is 1.96 bits per heavy atom. The largest absolute Gasteiger partial charge is 0.444 e. The lowest BCUT2D eigenvalue weighted by Gasteiger charge is -2.23. The first-order valence-corrected chi connectivity index (χ1v) is 10.9. The molecule has 1 heterocycles. The molecule has 2 amide bonds. The van der Waals surface area contributed by atoms with E-state index in [0.717, 1.165) is 11.3 Å². The molecule has 0 radical (unpaired) electrons. The number of amides is 2. The molecule has 26 heavy (non-hydrogen) atoms. The van der Waals surface area contributed by atoms with Crippen LogP contribution in [-0.4, -0.2) is 27.9 Å². The molecule has 0 bridgehead atoms. The summed E-state index contributed by atoms with van der Waals surface area (Å²) >= 11 is 12.7. The molecule has 0 aliphatic carbocycles. The lowest BCUT2D eigenvalue weighted by molar-refractivity contribution is -0.120. The smallest absolute Gasteiger partial charge is 0.408 e. The highest BCUT2D eigenvalue weighted by molar-refractivity contribution is 7.93. The molecule has 3 N–H and O–H groups in total. The van der Waals surface area contributed by atoms with E-state index in [1.165, 1.54) is 5.38 Å². The highest BCUT2D eigenvalue weighted by Gasteiger charge is 2.27. The molecule has 1 aromatic heterocycles. The lowest BCUT2D eigenvalue weighted by atomic mass is 10.0. The first kappa shape index (κ1) is 23.2. The molecule has 0 spiro atoms. The van der Waals surface area contributed by atoms with Gasteiger partial charge in [0.2, 0.25) is 0 Å². The second-order valence-corrected chi connectivity index (χ2v) is 10.7. The summed E-state index contributed by atoms with van der Waals surface area (Å²) in [6.45, 7) is 8.84. The zero-order valence-corrected chi connectivity index (χ0v) is 18.3. The number of thiophene rings is 1. The molecular weight excluding hydrogens is 421 g/mol. The molecule has 148 valence electrons. The molecule has 0 saturated heterocycles. The summed E-state index contributed by atoms with van der Waals surface area (Å²) in [5, 5.41) is 9.81. The minimum atomic E-state index is -3.59. The van der Waals surface area contributed by atoms with E-state index in [2.05, 4.69) is 9.68 Å². The normalized spacial score (nSPS) is 15.3. The molecule has 0 aromatic carbocycles. The standard InChI is InChI=1S/C15H23Cl2N3O4S2/c1-8(2)6-10(19-14(22)24-15(3,4)5)12(21)20-26(18,23)13-11(17)9(16)7-25-13/h7-8,10H,6H2,1-5H3,(H,19,22)(H2,18,20,21,23)/t10-,26?/m0/s1. The first-order valence-electron chi connectivity index (χ1n) is 7.73. The molecule has 1 aromatic rings. The predicted molar refractivity (Wildman–Crippen MR) is 105 cm³/mol. The van der Waals surface area contributed by atoms with Crippen molar-refractivity contribution >= 4 is 56.5 Å². The molecule has 7 nitrogen and oxygen atoms in total. The summed E-state index contributed by atoms with van der Waals surface area (Å²) in [4.78, 5) is 24.5. The van der Waals surface area contributed by atoms with Crippen LogP contribution in [-0.2, 0) is 19.4 Å². The predicted octanol–water partition coefficient (Wildman–Crippen LogP) is 4.22. The van der Waals surface area contributed by atoms with Crippen molar-refractivity contribution in [2.24, 2.45) is 15.4 Å². The van der Waals surface area contributed by atoms with Gasteiger partial charge < -0.3 is 10.1 Å². The van der Waals surface area contributed by atoms with Gasteiger partial charge in [-0.15, -0.1) is 15.7 Å². The van der Waals surface area contributed by atoms with Gasteiger partial charge in [0.25, 0.3) is 5.91 Å². The third-order valence-electron chi connectivity index (χ3n) is 2.85. The van der Waals surface area contributed by atoms with Crippen LogP contribution in [0.15, 0.2) is 14.0 Å². The van der Waals surface area contributed by atoms with E-state index >= 15 is 0 Å². The number of hydrogen-bond donors (Lipinski definition) is 2. The SMILES string of the molecule is CC(C)C[C@H](NC(=O)OC(C)(C)C)C(=O)N=S(N)(=O)c1scc(Cl)c1Cl. The third-order valence-corrected chi connectivity index (χ3v) is 6.95. The van der Waals surface area contributed by atoms with E-state index in [4.69, 9.17) is 33.1 Å². The molecular formula is C15H23Cl2N3O4S2. The first-order chi connectivity index (χ1) is 11.7. The van der Waals surface area contributed by atoms with Crippen LogP contribution in [0, 0.1) is 5.92 Å². The molecule has 1 unspecified atom stereocenters. The number of nitrogens with one attached hydrogen (secondary N) is 1. The van der Waals surface area contributed by atoms with Gasteiger partial charge in [0.05, 0.1) is 10.0 Å². The van der Waals surface area contributed by atoms with Crippen molar-refractivity contribution in [3.05, 3.63) is 15.4 Å². The van der Waals surface area contributed by atoms with E-state index in [0.29, 0.717) is 0 Å². The number of carbonyl (C=O) groups excluding carboxylic acids is 2. The number of carbonyl (C=O) groups is 2. The Hall–Kier alpha value is -0.870. The van der Waals surface area contributed by atoms with Crippen LogP contribution >= 0.6 is 34.5 Å². The minimum absolute atomic E-state index is 0.00114. The second-order valence-electron chi connectivity index (χ2n) is 7.01. The zero-order valence-electron chi connectivity index (χ0n) is 15.2. The van der Waals surface area contributed by atoms with Crippen molar-refractivity contribution in [2.75, 3.05) is 0 Å². The van der Waals surface area contributed by atoms with E-state index in [9.17, 15) is 13.8 Å². The summed E-state index contributed by atoms with van der Waals surface area (Å²) < 4.78 is 21.4. The van der Waals surface area contributed by atoms with Gasteiger partial charge >= 0.3 is 6.09 Å². The van der Waals surface area contributed by atoms with E-state index in [1.807, 2.05) is 13.8 Å². The van der Waals surface area contributed by atoms with Gasteiger partial charge in [0.15, 0.2) is 9.92 Å². The molecule has 1 rings (SSSR count). The van der Waals surface area contributed by atoms with Crippen molar-refractivity contribution in [1.29, 1.82) is 0 Å².